The second kappa shape index (κ2) is 6.61. The SMILES string of the molecule is CN(C)c1ccc(C(=NO)C(O)c2ccc(Cl)cc2)cc1. The molecule has 0 radical (unpaired) electrons. The van der Waals surface area contributed by atoms with Gasteiger partial charge in [0.15, 0.2) is 0 Å². The highest BCUT2D eigenvalue weighted by Crippen LogP contribution is 2.22. The van der Waals surface area contributed by atoms with Crippen LogP contribution in [-0.2, 0) is 0 Å². The number of benzene rings is 2. The number of aliphatic hydroxyl groups excluding tert-OH is 1. The number of nitrogens with zero attached hydrogens (tertiary/aromatic N) is 2. The van der Waals surface area contributed by atoms with E-state index in [0.29, 0.717) is 16.1 Å². The van der Waals surface area contributed by atoms with Crippen LogP contribution in [0, 0.1) is 0 Å². The molecule has 1 unspecified atom stereocenters. The van der Waals surface area contributed by atoms with Gasteiger partial charge in [-0.2, -0.15) is 0 Å². The molecule has 0 saturated heterocycles. The van der Waals surface area contributed by atoms with E-state index in [2.05, 4.69) is 5.16 Å². The van der Waals surface area contributed by atoms with Gasteiger partial charge in [-0.15, -0.1) is 0 Å². The summed E-state index contributed by atoms with van der Waals surface area (Å²) in [4.78, 5) is 1.97. The summed E-state index contributed by atoms with van der Waals surface area (Å²) in [5.74, 6) is 0. The highest BCUT2D eigenvalue weighted by atomic mass is 35.5. The predicted octanol–water partition coefficient (Wildman–Crippen LogP) is 3.32. The first-order chi connectivity index (χ1) is 10.0. The minimum Gasteiger partial charge on any atom is -0.411 e. The van der Waals surface area contributed by atoms with Crippen LogP contribution in [0.5, 0.6) is 0 Å². The number of hydrogen-bond donors (Lipinski definition) is 2. The standard InChI is InChI=1S/C16H17ClN2O2/c1-19(2)14-9-5-11(6-10-14)15(18-21)16(20)12-3-7-13(17)8-4-12/h3-10,16,20-21H,1-2H3. The van der Waals surface area contributed by atoms with Gasteiger partial charge in [0, 0.05) is 30.4 Å². The maximum atomic E-state index is 10.4. The third kappa shape index (κ3) is 3.54. The van der Waals surface area contributed by atoms with Crippen LogP contribution in [0.3, 0.4) is 0 Å². The average Bonchev–Trinajstić information content (AvgIpc) is 2.49. The molecule has 0 heterocycles. The molecule has 2 aromatic carbocycles. The quantitative estimate of drug-likeness (QED) is 0.517. The lowest BCUT2D eigenvalue weighted by Gasteiger charge is -2.15. The third-order valence-corrected chi connectivity index (χ3v) is 3.48. The Labute approximate surface area is 128 Å². The summed E-state index contributed by atoms with van der Waals surface area (Å²) >= 11 is 5.83. The summed E-state index contributed by atoms with van der Waals surface area (Å²) in [6.07, 6.45) is -1.02. The van der Waals surface area contributed by atoms with Crippen molar-refractivity contribution in [3.8, 4) is 0 Å². The van der Waals surface area contributed by atoms with Gasteiger partial charge in [-0.05, 0) is 29.8 Å². The van der Waals surface area contributed by atoms with E-state index in [1.54, 1.807) is 24.3 Å². The third-order valence-electron chi connectivity index (χ3n) is 3.23. The molecule has 0 bridgehead atoms. The zero-order chi connectivity index (χ0) is 15.4. The van der Waals surface area contributed by atoms with Crippen LogP contribution in [-0.4, -0.2) is 30.1 Å². The van der Waals surface area contributed by atoms with Gasteiger partial charge in [0.25, 0.3) is 0 Å². The Bertz CT molecular complexity index is 622. The number of hydrogen-bond acceptors (Lipinski definition) is 4. The van der Waals surface area contributed by atoms with Crippen LogP contribution >= 0.6 is 11.6 Å². The van der Waals surface area contributed by atoms with Crippen LogP contribution in [0.15, 0.2) is 53.7 Å². The molecule has 21 heavy (non-hydrogen) atoms. The van der Waals surface area contributed by atoms with Gasteiger partial charge in [0.05, 0.1) is 0 Å². The fraction of sp³-hybridized carbons (Fsp3) is 0.188. The molecule has 4 nitrogen and oxygen atoms in total. The molecule has 1 atom stereocenters. The van der Waals surface area contributed by atoms with Crippen molar-refractivity contribution >= 4 is 23.0 Å². The lowest BCUT2D eigenvalue weighted by Crippen LogP contribution is -2.14. The van der Waals surface area contributed by atoms with E-state index in [-0.39, 0.29) is 5.71 Å². The Kier molecular flexibility index (Phi) is 4.83. The Hall–Kier alpha value is -2.04. The smallest absolute Gasteiger partial charge is 0.125 e. The van der Waals surface area contributed by atoms with E-state index in [1.807, 2.05) is 43.3 Å². The molecule has 0 aliphatic rings. The van der Waals surface area contributed by atoms with Crippen LogP contribution in [0.2, 0.25) is 5.02 Å². The summed E-state index contributed by atoms with van der Waals surface area (Å²) < 4.78 is 0. The maximum absolute atomic E-state index is 10.4. The molecule has 2 N–H and O–H groups in total. The molecule has 5 heteroatoms. The molecule has 110 valence electrons. The van der Waals surface area contributed by atoms with Crippen molar-refractivity contribution < 1.29 is 10.3 Å². The van der Waals surface area contributed by atoms with Gasteiger partial charge in [-0.1, -0.05) is 41.0 Å². The fourth-order valence-electron chi connectivity index (χ4n) is 2.00. The van der Waals surface area contributed by atoms with Crippen molar-refractivity contribution in [2.75, 3.05) is 19.0 Å². The van der Waals surface area contributed by atoms with Crippen LogP contribution in [0.4, 0.5) is 5.69 Å². The van der Waals surface area contributed by atoms with Crippen molar-refractivity contribution in [1.29, 1.82) is 0 Å². The Balaban J connectivity index is 2.29. The first-order valence-corrected chi connectivity index (χ1v) is 6.84. The van der Waals surface area contributed by atoms with E-state index >= 15 is 0 Å². The largest absolute Gasteiger partial charge is 0.411 e. The van der Waals surface area contributed by atoms with Crippen molar-refractivity contribution in [2.24, 2.45) is 5.16 Å². The van der Waals surface area contributed by atoms with Crippen molar-refractivity contribution in [3.63, 3.8) is 0 Å². The van der Waals surface area contributed by atoms with Gasteiger partial charge >= 0.3 is 0 Å². The summed E-state index contributed by atoms with van der Waals surface area (Å²) in [7, 11) is 3.89. The van der Waals surface area contributed by atoms with E-state index in [4.69, 9.17) is 11.6 Å². The molecular formula is C16H17ClN2O2. The molecule has 0 aliphatic heterocycles. The monoisotopic (exact) mass is 304 g/mol. The summed E-state index contributed by atoms with van der Waals surface area (Å²) in [5, 5.41) is 23.4. The molecule has 0 saturated carbocycles. The molecular weight excluding hydrogens is 288 g/mol. The van der Waals surface area contributed by atoms with Crippen molar-refractivity contribution in [1.82, 2.24) is 0 Å². The topological polar surface area (TPSA) is 56.1 Å². The zero-order valence-corrected chi connectivity index (χ0v) is 12.6. The fourth-order valence-corrected chi connectivity index (χ4v) is 2.13. The first-order valence-electron chi connectivity index (χ1n) is 6.46. The normalized spacial score (nSPS) is 13.0. The molecule has 0 spiro atoms. The van der Waals surface area contributed by atoms with Crippen LogP contribution in [0.25, 0.3) is 0 Å². The highest BCUT2D eigenvalue weighted by molar-refractivity contribution is 6.30. The number of halogens is 1. The number of oxime groups is 1. The highest BCUT2D eigenvalue weighted by Gasteiger charge is 2.18. The van der Waals surface area contributed by atoms with E-state index in [9.17, 15) is 10.3 Å². The Morgan fingerprint density at radius 2 is 1.62 bits per heavy atom. The minimum absolute atomic E-state index is 0.197. The molecule has 2 aromatic rings. The second-order valence-corrected chi connectivity index (χ2v) is 5.32. The molecule has 0 amide bonds. The number of aliphatic hydroxyl groups is 1. The number of anilines is 1. The second-order valence-electron chi connectivity index (χ2n) is 4.88. The van der Waals surface area contributed by atoms with E-state index in [1.165, 1.54) is 0 Å². The Morgan fingerprint density at radius 1 is 1.05 bits per heavy atom. The molecule has 2 rings (SSSR count). The summed E-state index contributed by atoms with van der Waals surface area (Å²) in [5.41, 5.74) is 2.49. The molecule has 0 aromatic heterocycles. The maximum Gasteiger partial charge on any atom is 0.125 e. The van der Waals surface area contributed by atoms with Crippen LogP contribution < -0.4 is 4.90 Å². The summed E-state index contributed by atoms with van der Waals surface area (Å²) in [6, 6.07) is 14.2. The van der Waals surface area contributed by atoms with Gasteiger partial charge in [-0.25, -0.2) is 0 Å². The number of rotatable bonds is 4. The Morgan fingerprint density at radius 3 is 2.10 bits per heavy atom. The van der Waals surface area contributed by atoms with Gasteiger partial charge in [0.1, 0.15) is 11.8 Å². The van der Waals surface area contributed by atoms with Crippen LogP contribution in [0.1, 0.15) is 17.2 Å². The van der Waals surface area contributed by atoms with Gasteiger partial charge in [-0.3, -0.25) is 0 Å². The zero-order valence-electron chi connectivity index (χ0n) is 11.9. The summed E-state index contributed by atoms with van der Waals surface area (Å²) in [6.45, 7) is 0. The molecule has 0 aliphatic carbocycles. The van der Waals surface area contributed by atoms with E-state index in [0.717, 1.165) is 5.69 Å². The lowest BCUT2D eigenvalue weighted by atomic mass is 9.99. The van der Waals surface area contributed by atoms with Gasteiger partial charge in [0.2, 0.25) is 0 Å². The lowest BCUT2D eigenvalue weighted by molar-refractivity contribution is 0.235. The molecule has 0 fully saturated rings. The van der Waals surface area contributed by atoms with Crippen molar-refractivity contribution in [2.45, 2.75) is 6.10 Å². The predicted molar refractivity (Wildman–Crippen MR) is 85.5 cm³/mol. The first kappa shape index (κ1) is 15.4. The van der Waals surface area contributed by atoms with Gasteiger partial charge < -0.3 is 15.2 Å². The average molecular weight is 305 g/mol. The van der Waals surface area contributed by atoms with E-state index < -0.39 is 6.10 Å². The van der Waals surface area contributed by atoms with Crippen molar-refractivity contribution in [3.05, 3.63) is 64.7 Å². The minimum atomic E-state index is -1.02.